The lowest BCUT2D eigenvalue weighted by Crippen LogP contribution is -2.43. The number of β-amino-alcohol motifs (C(OH)–C–C–N with tert-alkyl or cyclic N) is 1. The normalized spacial score (nSPS) is 22.7. The quantitative estimate of drug-likeness (QED) is 0.762. The van der Waals surface area contributed by atoms with E-state index in [9.17, 15) is 19.5 Å². The molecule has 1 amide bonds. The summed E-state index contributed by atoms with van der Waals surface area (Å²) in [6.07, 6.45) is -0.802. The Hall–Kier alpha value is -1.67. The van der Waals surface area contributed by atoms with Crippen molar-refractivity contribution in [2.45, 2.75) is 32.0 Å². The van der Waals surface area contributed by atoms with E-state index >= 15 is 0 Å². The number of hydrogen-bond donors (Lipinski definition) is 2. The van der Waals surface area contributed by atoms with Crippen LogP contribution in [0.5, 0.6) is 0 Å². The highest BCUT2D eigenvalue weighted by Crippen LogP contribution is 2.18. The Bertz CT molecular complexity index is 564. The molecule has 0 aliphatic carbocycles. The van der Waals surface area contributed by atoms with Crippen LogP contribution in [0.25, 0.3) is 0 Å². The fraction of sp³-hybridized carbons (Fsp3) is 0.545. The van der Waals surface area contributed by atoms with Crippen molar-refractivity contribution < 1.29 is 19.8 Å². The Morgan fingerprint density at radius 1 is 1.53 bits per heavy atom. The lowest BCUT2D eigenvalue weighted by Gasteiger charge is -2.21. The van der Waals surface area contributed by atoms with Crippen LogP contribution in [0.15, 0.2) is 10.2 Å². The van der Waals surface area contributed by atoms with Crippen molar-refractivity contribution in [3.63, 3.8) is 0 Å². The van der Waals surface area contributed by atoms with Gasteiger partial charge in [-0.3, -0.25) is 14.2 Å². The number of aromatic nitrogens is 1. The molecule has 0 spiro atoms. The number of nitrogens with zero attached hydrogens (tertiary/aromatic N) is 2. The number of carboxylic acids is 1. The molecule has 7 nitrogen and oxygen atoms in total. The number of hydrogen-bond acceptors (Lipinski definition) is 5. The smallest absolute Gasteiger partial charge is 0.326 e. The molecule has 1 saturated heterocycles. The summed E-state index contributed by atoms with van der Waals surface area (Å²) in [5.74, 6) is -1.60. The average Bonchev–Trinajstić information content (AvgIpc) is 2.87. The molecule has 19 heavy (non-hydrogen) atoms. The molecule has 1 aromatic rings. The van der Waals surface area contributed by atoms with Gasteiger partial charge >= 0.3 is 10.8 Å². The van der Waals surface area contributed by atoms with Crippen LogP contribution < -0.4 is 4.87 Å². The SMILES string of the molecule is Cc1csc(=O)n1CC(=O)N1C[C@H](O)C[C@H]1C(=O)O. The lowest BCUT2D eigenvalue weighted by molar-refractivity contribution is -0.148. The highest BCUT2D eigenvalue weighted by atomic mass is 32.1. The monoisotopic (exact) mass is 286 g/mol. The summed E-state index contributed by atoms with van der Waals surface area (Å²) in [5.41, 5.74) is 0.662. The third-order valence-electron chi connectivity index (χ3n) is 3.15. The predicted molar refractivity (Wildman–Crippen MR) is 67.1 cm³/mol. The number of aryl methyl sites for hydroxylation is 1. The Kier molecular flexibility index (Phi) is 3.72. The second-order valence-corrected chi connectivity index (χ2v) is 5.34. The second-order valence-electron chi connectivity index (χ2n) is 4.52. The summed E-state index contributed by atoms with van der Waals surface area (Å²) in [6.45, 7) is 1.51. The number of aliphatic carboxylic acids is 1. The number of carbonyl (C=O) groups excluding carboxylic acids is 1. The first-order chi connectivity index (χ1) is 8.90. The topological polar surface area (TPSA) is 99.8 Å². The highest BCUT2D eigenvalue weighted by molar-refractivity contribution is 7.07. The summed E-state index contributed by atoms with van der Waals surface area (Å²) < 4.78 is 1.30. The molecule has 0 saturated carbocycles. The van der Waals surface area contributed by atoms with Gasteiger partial charge in [0.05, 0.1) is 6.10 Å². The van der Waals surface area contributed by atoms with Crippen LogP contribution in [0.3, 0.4) is 0 Å². The fourth-order valence-corrected chi connectivity index (χ4v) is 2.88. The van der Waals surface area contributed by atoms with Crippen molar-refractivity contribution >= 4 is 23.2 Å². The molecule has 8 heteroatoms. The molecule has 2 atom stereocenters. The van der Waals surface area contributed by atoms with Gasteiger partial charge in [0.15, 0.2) is 0 Å². The summed E-state index contributed by atoms with van der Waals surface area (Å²) in [6, 6.07) is -1.02. The van der Waals surface area contributed by atoms with E-state index in [-0.39, 0.29) is 24.4 Å². The number of amides is 1. The molecule has 0 unspecified atom stereocenters. The number of aliphatic hydroxyl groups excluding tert-OH is 1. The Morgan fingerprint density at radius 3 is 2.74 bits per heavy atom. The van der Waals surface area contributed by atoms with Crippen LogP contribution in [0, 0.1) is 6.92 Å². The zero-order valence-electron chi connectivity index (χ0n) is 10.3. The molecule has 1 aliphatic heterocycles. The summed E-state index contributed by atoms with van der Waals surface area (Å²) in [4.78, 5) is 35.5. The number of rotatable bonds is 3. The first kappa shape index (κ1) is 13.8. The Labute approximate surface area is 112 Å². The van der Waals surface area contributed by atoms with E-state index in [0.29, 0.717) is 5.69 Å². The standard InChI is InChI=1S/C11H14N2O5S/c1-6-5-19-11(18)12(6)4-9(15)13-3-7(14)2-8(13)10(16)17/h5,7-8,14H,2-4H2,1H3,(H,16,17)/t7-,8+/m1/s1. The lowest BCUT2D eigenvalue weighted by atomic mass is 10.2. The van der Waals surface area contributed by atoms with Gasteiger partial charge in [-0.2, -0.15) is 0 Å². The van der Waals surface area contributed by atoms with Gasteiger partial charge < -0.3 is 15.1 Å². The Morgan fingerprint density at radius 2 is 2.21 bits per heavy atom. The first-order valence-electron chi connectivity index (χ1n) is 5.75. The first-order valence-corrected chi connectivity index (χ1v) is 6.63. The number of carbonyl (C=O) groups is 2. The number of likely N-dealkylation sites (tertiary alicyclic amines) is 1. The van der Waals surface area contributed by atoms with Gasteiger partial charge in [0.1, 0.15) is 12.6 Å². The van der Waals surface area contributed by atoms with Crippen LogP contribution in [-0.2, 0) is 16.1 Å². The van der Waals surface area contributed by atoms with Gasteiger partial charge in [-0.1, -0.05) is 11.3 Å². The van der Waals surface area contributed by atoms with E-state index in [4.69, 9.17) is 5.11 Å². The molecule has 0 radical (unpaired) electrons. The van der Waals surface area contributed by atoms with E-state index in [0.717, 1.165) is 16.2 Å². The molecule has 1 fully saturated rings. The molecule has 1 aliphatic rings. The molecule has 2 N–H and O–H groups in total. The third kappa shape index (κ3) is 2.69. The van der Waals surface area contributed by atoms with Gasteiger partial charge in [0, 0.05) is 24.0 Å². The van der Waals surface area contributed by atoms with Gasteiger partial charge in [-0.15, -0.1) is 0 Å². The number of carboxylic acid groups (broad SMARTS) is 1. The van der Waals surface area contributed by atoms with E-state index in [1.165, 1.54) is 4.57 Å². The average molecular weight is 286 g/mol. The van der Waals surface area contributed by atoms with Crippen LogP contribution in [0.1, 0.15) is 12.1 Å². The van der Waals surface area contributed by atoms with Crippen molar-refractivity contribution in [2.24, 2.45) is 0 Å². The molecular formula is C11H14N2O5S. The minimum atomic E-state index is -1.14. The molecule has 2 heterocycles. The number of aliphatic hydroxyl groups is 1. The molecule has 104 valence electrons. The van der Waals surface area contributed by atoms with E-state index in [1.54, 1.807) is 12.3 Å². The van der Waals surface area contributed by atoms with E-state index in [1.807, 2.05) is 0 Å². The summed E-state index contributed by atoms with van der Waals surface area (Å²) >= 11 is 0.994. The van der Waals surface area contributed by atoms with Crippen LogP contribution in [-0.4, -0.2) is 50.2 Å². The third-order valence-corrected chi connectivity index (χ3v) is 4.04. The van der Waals surface area contributed by atoms with Crippen LogP contribution in [0.2, 0.25) is 0 Å². The van der Waals surface area contributed by atoms with Crippen LogP contribution in [0.4, 0.5) is 0 Å². The van der Waals surface area contributed by atoms with Crippen molar-refractivity contribution in [3.05, 3.63) is 20.7 Å². The molecule has 1 aromatic heterocycles. The predicted octanol–water partition coefficient (Wildman–Crippen LogP) is -0.735. The number of thiazole rings is 1. The highest BCUT2D eigenvalue weighted by Gasteiger charge is 2.38. The van der Waals surface area contributed by atoms with Gasteiger partial charge in [-0.25, -0.2) is 4.79 Å². The fourth-order valence-electron chi connectivity index (χ4n) is 2.15. The van der Waals surface area contributed by atoms with Crippen molar-refractivity contribution in [2.75, 3.05) is 6.54 Å². The van der Waals surface area contributed by atoms with Gasteiger partial charge in [0.25, 0.3) is 0 Å². The maximum Gasteiger partial charge on any atom is 0.326 e. The van der Waals surface area contributed by atoms with Crippen molar-refractivity contribution in [1.82, 2.24) is 9.47 Å². The zero-order chi connectivity index (χ0) is 14.2. The molecule has 2 rings (SSSR count). The minimum Gasteiger partial charge on any atom is -0.480 e. The molecule has 0 aromatic carbocycles. The van der Waals surface area contributed by atoms with Gasteiger partial charge in [-0.05, 0) is 6.92 Å². The minimum absolute atomic E-state index is 0.00622. The van der Waals surface area contributed by atoms with Crippen LogP contribution >= 0.6 is 11.3 Å². The molecular weight excluding hydrogens is 272 g/mol. The molecule has 0 bridgehead atoms. The second kappa shape index (κ2) is 5.14. The summed E-state index contributed by atoms with van der Waals surface area (Å²) in [7, 11) is 0. The maximum absolute atomic E-state index is 12.1. The van der Waals surface area contributed by atoms with E-state index < -0.39 is 24.0 Å². The summed E-state index contributed by atoms with van der Waals surface area (Å²) in [5, 5.41) is 20.1. The zero-order valence-corrected chi connectivity index (χ0v) is 11.1. The van der Waals surface area contributed by atoms with E-state index in [2.05, 4.69) is 0 Å². The van der Waals surface area contributed by atoms with Crippen molar-refractivity contribution in [3.8, 4) is 0 Å². The Balaban J connectivity index is 2.16. The maximum atomic E-state index is 12.1. The van der Waals surface area contributed by atoms with Crippen molar-refractivity contribution in [1.29, 1.82) is 0 Å². The van der Waals surface area contributed by atoms with Gasteiger partial charge in [0.2, 0.25) is 5.91 Å². The largest absolute Gasteiger partial charge is 0.480 e.